The third-order valence-corrected chi connectivity index (χ3v) is 4.64. The maximum absolute atomic E-state index is 12.3. The second-order valence-corrected chi connectivity index (χ2v) is 6.17. The molecule has 2 aromatic rings. The zero-order valence-corrected chi connectivity index (χ0v) is 11.3. The lowest BCUT2D eigenvalue weighted by Crippen LogP contribution is -2.26. The molecule has 0 heterocycles. The summed E-state index contributed by atoms with van der Waals surface area (Å²) in [5.41, 5.74) is 0.572. The zero-order valence-electron chi connectivity index (χ0n) is 9.75. The molecule has 0 fully saturated rings. The fourth-order valence-electron chi connectivity index (χ4n) is 1.54. The Hall–Kier alpha value is -1.52. The van der Waals surface area contributed by atoms with Crippen LogP contribution in [0.4, 0.5) is 5.69 Å². The first kappa shape index (κ1) is 12.9. The summed E-state index contributed by atoms with van der Waals surface area (Å²) in [6.45, 7) is 0. The van der Waals surface area contributed by atoms with Gasteiger partial charge >= 0.3 is 0 Å². The summed E-state index contributed by atoms with van der Waals surface area (Å²) in [6, 6.07) is 15.0. The minimum absolute atomic E-state index is 0.266. The molecular weight excluding hydrogens is 270 g/mol. The second-order valence-electron chi connectivity index (χ2n) is 3.76. The van der Waals surface area contributed by atoms with E-state index in [9.17, 15) is 8.42 Å². The van der Waals surface area contributed by atoms with Crippen molar-refractivity contribution in [3.63, 3.8) is 0 Å². The van der Waals surface area contributed by atoms with Gasteiger partial charge in [0.2, 0.25) is 0 Å². The smallest absolute Gasteiger partial charge is 0.264 e. The van der Waals surface area contributed by atoms with Gasteiger partial charge in [-0.2, -0.15) is 0 Å². The molecule has 0 bridgehead atoms. The van der Waals surface area contributed by atoms with Gasteiger partial charge in [-0.3, -0.25) is 4.31 Å². The van der Waals surface area contributed by atoms with Crippen LogP contribution in [0, 0.1) is 0 Å². The van der Waals surface area contributed by atoms with Gasteiger partial charge in [-0.25, -0.2) is 8.42 Å². The molecule has 18 heavy (non-hydrogen) atoms. The Bertz CT molecular complexity index is 624. The quantitative estimate of drug-likeness (QED) is 0.867. The molecule has 0 saturated carbocycles. The summed E-state index contributed by atoms with van der Waals surface area (Å²) in [5, 5.41) is 0.573. The maximum atomic E-state index is 12.3. The third-order valence-electron chi connectivity index (χ3n) is 2.59. The Morgan fingerprint density at radius 1 is 0.944 bits per heavy atom. The topological polar surface area (TPSA) is 37.4 Å². The molecular formula is C13H12ClNO2S. The summed E-state index contributed by atoms with van der Waals surface area (Å²) in [7, 11) is -2.00. The summed E-state index contributed by atoms with van der Waals surface area (Å²) in [4.78, 5) is 0.266. The van der Waals surface area contributed by atoms with E-state index >= 15 is 0 Å². The van der Waals surface area contributed by atoms with Crippen LogP contribution in [-0.2, 0) is 10.0 Å². The monoisotopic (exact) mass is 281 g/mol. The van der Waals surface area contributed by atoms with Crippen LogP contribution in [0.2, 0.25) is 5.02 Å². The number of nitrogens with zero attached hydrogens (tertiary/aromatic N) is 1. The number of anilines is 1. The fraction of sp³-hybridized carbons (Fsp3) is 0.0769. The number of rotatable bonds is 3. The van der Waals surface area contributed by atoms with Gasteiger partial charge < -0.3 is 0 Å². The Morgan fingerprint density at radius 2 is 1.50 bits per heavy atom. The highest BCUT2D eigenvalue weighted by Gasteiger charge is 2.20. The molecule has 5 heteroatoms. The molecule has 0 aliphatic heterocycles. The van der Waals surface area contributed by atoms with Gasteiger partial charge in [-0.1, -0.05) is 29.8 Å². The van der Waals surface area contributed by atoms with E-state index in [4.69, 9.17) is 11.6 Å². The maximum Gasteiger partial charge on any atom is 0.264 e. The van der Waals surface area contributed by atoms with Crippen LogP contribution in [0.25, 0.3) is 0 Å². The second kappa shape index (κ2) is 5.00. The molecule has 0 unspecified atom stereocenters. The van der Waals surface area contributed by atoms with Crippen molar-refractivity contribution in [2.75, 3.05) is 11.4 Å². The van der Waals surface area contributed by atoms with Crippen molar-refractivity contribution in [3.8, 4) is 0 Å². The summed E-state index contributed by atoms with van der Waals surface area (Å²) < 4.78 is 25.9. The molecule has 0 aliphatic rings. The van der Waals surface area contributed by atoms with Crippen LogP contribution < -0.4 is 4.31 Å². The van der Waals surface area contributed by atoms with E-state index in [2.05, 4.69) is 0 Å². The largest absolute Gasteiger partial charge is 0.269 e. The highest BCUT2D eigenvalue weighted by molar-refractivity contribution is 7.92. The van der Waals surface area contributed by atoms with Crippen LogP contribution in [0.5, 0.6) is 0 Å². The van der Waals surface area contributed by atoms with E-state index in [1.54, 1.807) is 54.6 Å². The molecule has 94 valence electrons. The Morgan fingerprint density at radius 3 is 2.06 bits per heavy atom. The standard InChI is InChI=1S/C13H12ClNO2S/c1-15(12-9-7-11(14)8-10-12)18(16,17)13-5-3-2-4-6-13/h2-10H,1H3. The Kier molecular flexibility index (Phi) is 3.59. The first-order valence-electron chi connectivity index (χ1n) is 5.31. The van der Waals surface area contributed by atoms with Gasteiger partial charge in [0, 0.05) is 12.1 Å². The average molecular weight is 282 g/mol. The van der Waals surface area contributed by atoms with Gasteiger partial charge in [0.1, 0.15) is 0 Å². The normalized spacial score (nSPS) is 11.2. The van der Waals surface area contributed by atoms with Crippen molar-refractivity contribution in [1.29, 1.82) is 0 Å². The number of benzene rings is 2. The molecule has 2 rings (SSSR count). The fourth-order valence-corrected chi connectivity index (χ4v) is 2.88. The third kappa shape index (κ3) is 2.49. The highest BCUT2D eigenvalue weighted by atomic mass is 35.5. The molecule has 0 saturated heterocycles. The van der Waals surface area contributed by atoms with E-state index in [1.807, 2.05) is 0 Å². The van der Waals surface area contributed by atoms with Crippen LogP contribution in [0.3, 0.4) is 0 Å². The molecule has 0 spiro atoms. The van der Waals surface area contributed by atoms with Crippen LogP contribution >= 0.6 is 11.6 Å². The predicted molar refractivity (Wildman–Crippen MR) is 73.5 cm³/mol. The summed E-state index contributed by atoms with van der Waals surface area (Å²) >= 11 is 5.78. The van der Waals surface area contributed by atoms with Crippen LogP contribution in [0.1, 0.15) is 0 Å². The van der Waals surface area contributed by atoms with E-state index in [1.165, 1.54) is 11.4 Å². The Balaban J connectivity index is 2.39. The molecule has 0 aromatic heterocycles. The van der Waals surface area contributed by atoms with Gasteiger partial charge in [0.15, 0.2) is 0 Å². The van der Waals surface area contributed by atoms with E-state index in [0.717, 1.165) is 0 Å². The molecule has 3 nitrogen and oxygen atoms in total. The van der Waals surface area contributed by atoms with Crippen LogP contribution in [-0.4, -0.2) is 15.5 Å². The summed E-state index contributed by atoms with van der Waals surface area (Å²) in [6.07, 6.45) is 0. The van der Waals surface area contributed by atoms with Gasteiger partial charge in [0.25, 0.3) is 10.0 Å². The minimum atomic E-state index is -3.51. The van der Waals surface area contributed by atoms with Crippen molar-refractivity contribution in [2.45, 2.75) is 4.90 Å². The van der Waals surface area contributed by atoms with Crippen molar-refractivity contribution < 1.29 is 8.42 Å². The minimum Gasteiger partial charge on any atom is -0.269 e. The number of sulfonamides is 1. The van der Waals surface area contributed by atoms with Gasteiger partial charge in [0.05, 0.1) is 10.6 Å². The SMILES string of the molecule is CN(c1ccc(Cl)cc1)S(=O)(=O)c1ccccc1. The van der Waals surface area contributed by atoms with Gasteiger partial charge in [-0.05, 0) is 36.4 Å². The van der Waals surface area contributed by atoms with Crippen molar-refractivity contribution in [1.82, 2.24) is 0 Å². The lowest BCUT2D eigenvalue weighted by atomic mass is 10.3. The number of hydrogen-bond donors (Lipinski definition) is 0. The average Bonchev–Trinajstić information content (AvgIpc) is 2.40. The zero-order chi connectivity index (χ0) is 13.2. The van der Waals surface area contributed by atoms with E-state index in [0.29, 0.717) is 10.7 Å². The number of hydrogen-bond acceptors (Lipinski definition) is 2. The molecule has 0 amide bonds. The Labute approximate surface area is 112 Å². The van der Waals surface area contributed by atoms with Crippen LogP contribution in [0.15, 0.2) is 59.5 Å². The first-order chi connectivity index (χ1) is 8.51. The summed E-state index contributed by atoms with van der Waals surface area (Å²) in [5.74, 6) is 0. The molecule has 0 N–H and O–H groups in total. The molecule has 0 aliphatic carbocycles. The first-order valence-corrected chi connectivity index (χ1v) is 7.13. The predicted octanol–water partition coefficient (Wildman–Crippen LogP) is 3.17. The van der Waals surface area contributed by atoms with Gasteiger partial charge in [-0.15, -0.1) is 0 Å². The lowest BCUT2D eigenvalue weighted by Gasteiger charge is -2.19. The van der Waals surface area contributed by atoms with E-state index in [-0.39, 0.29) is 4.90 Å². The molecule has 2 aromatic carbocycles. The van der Waals surface area contributed by atoms with Crippen molar-refractivity contribution >= 4 is 27.3 Å². The van der Waals surface area contributed by atoms with Crippen molar-refractivity contribution in [3.05, 3.63) is 59.6 Å². The number of halogens is 1. The molecule has 0 radical (unpaired) electrons. The molecule has 0 atom stereocenters. The van der Waals surface area contributed by atoms with E-state index < -0.39 is 10.0 Å². The lowest BCUT2D eigenvalue weighted by molar-refractivity contribution is 0.594. The highest BCUT2D eigenvalue weighted by Crippen LogP contribution is 2.23. The van der Waals surface area contributed by atoms with Crippen molar-refractivity contribution in [2.24, 2.45) is 0 Å².